The second-order valence-electron chi connectivity index (χ2n) is 8.68. The van der Waals surface area contributed by atoms with E-state index >= 15 is 0 Å². The Morgan fingerprint density at radius 1 is 1.13 bits per heavy atom. The molecule has 0 aliphatic rings. The minimum absolute atomic E-state index is 0.00462. The first kappa shape index (κ1) is 30.6. The first-order valence-corrected chi connectivity index (χ1v) is 11.9. The zero-order chi connectivity index (χ0) is 28.9. The molecule has 1 atom stereocenters. The Morgan fingerprint density at radius 3 is 2.38 bits per heavy atom. The van der Waals surface area contributed by atoms with Gasteiger partial charge in [-0.2, -0.15) is 10.2 Å². The number of hydrogen-bond donors (Lipinski definition) is 5. The Balaban J connectivity index is 0.000000318. The number of methoxy groups -OCH3 is 2. The molecule has 0 aliphatic carbocycles. The average Bonchev–Trinajstić information content (AvgIpc) is 3.43. The van der Waals surface area contributed by atoms with Crippen LogP contribution in [-0.4, -0.2) is 63.8 Å². The molecular weight excluding hydrogens is 511 g/mol. The Hall–Kier alpha value is -4.59. The summed E-state index contributed by atoms with van der Waals surface area (Å²) in [6.45, 7) is 4.14. The van der Waals surface area contributed by atoms with Gasteiger partial charge in [-0.1, -0.05) is 26.0 Å². The van der Waals surface area contributed by atoms with Gasteiger partial charge < -0.3 is 31.4 Å². The molecule has 1 amide bonds. The summed E-state index contributed by atoms with van der Waals surface area (Å²) in [4.78, 5) is 26.9. The summed E-state index contributed by atoms with van der Waals surface area (Å²) in [5.74, 6) is -0.680. The van der Waals surface area contributed by atoms with Crippen LogP contribution in [-0.2, 0) is 22.6 Å². The van der Waals surface area contributed by atoms with E-state index in [-0.39, 0.29) is 29.9 Å². The second kappa shape index (κ2) is 15.0. The predicted octanol–water partition coefficient (Wildman–Crippen LogP) is 1.64. The number of rotatable bonds is 10. The molecule has 13 nitrogen and oxygen atoms in total. The highest BCUT2D eigenvalue weighted by atomic mass is 19.1. The number of halogens is 1. The number of aliphatic imine (C=N–C) groups is 1. The van der Waals surface area contributed by atoms with Crippen molar-refractivity contribution in [3.05, 3.63) is 53.3 Å². The first-order valence-electron chi connectivity index (χ1n) is 11.9. The van der Waals surface area contributed by atoms with Gasteiger partial charge in [0.2, 0.25) is 5.82 Å². The van der Waals surface area contributed by atoms with Crippen molar-refractivity contribution in [3.63, 3.8) is 0 Å². The number of amides is 1. The highest BCUT2D eigenvalue weighted by Gasteiger charge is 2.19. The summed E-state index contributed by atoms with van der Waals surface area (Å²) in [7, 11) is 3.03. The lowest BCUT2D eigenvalue weighted by atomic mass is 10.0. The molecule has 0 fully saturated rings. The number of aromatic nitrogens is 4. The van der Waals surface area contributed by atoms with Crippen molar-refractivity contribution in [2.75, 3.05) is 14.2 Å². The smallest absolute Gasteiger partial charge is 0.326 e. The van der Waals surface area contributed by atoms with Crippen LogP contribution in [0.1, 0.15) is 31.4 Å². The van der Waals surface area contributed by atoms with E-state index in [0.29, 0.717) is 35.6 Å². The Labute approximate surface area is 224 Å². The van der Waals surface area contributed by atoms with Gasteiger partial charge in [0.1, 0.15) is 11.9 Å². The van der Waals surface area contributed by atoms with Gasteiger partial charge in [-0.3, -0.25) is 4.79 Å². The SMILES string of the molecule is COc1ccc(CC(=O)N=C(N)NC(CC(C)C)C(=O)O)cc1OC.NCc1ccc(F)c(-c2nn[nH]n2)c1. The van der Waals surface area contributed by atoms with Crippen molar-refractivity contribution >= 4 is 17.8 Å². The van der Waals surface area contributed by atoms with E-state index in [2.05, 4.69) is 30.9 Å². The number of guanidine groups is 1. The van der Waals surface area contributed by atoms with Crippen LogP contribution in [0.3, 0.4) is 0 Å². The van der Waals surface area contributed by atoms with Crippen LogP contribution < -0.4 is 26.3 Å². The zero-order valence-electron chi connectivity index (χ0n) is 22.1. The van der Waals surface area contributed by atoms with Crippen LogP contribution in [0.2, 0.25) is 0 Å². The van der Waals surface area contributed by atoms with Crippen molar-refractivity contribution in [2.45, 2.75) is 39.3 Å². The normalized spacial score (nSPS) is 11.8. The van der Waals surface area contributed by atoms with Gasteiger partial charge in [-0.15, -0.1) is 10.2 Å². The maximum Gasteiger partial charge on any atom is 0.326 e. The fourth-order valence-corrected chi connectivity index (χ4v) is 3.39. The van der Waals surface area contributed by atoms with Crippen LogP contribution in [0.4, 0.5) is 4.39 Å². The molecule has 0 saturated heterocycles. The number of nitrogens with two attached hydrogens (primary N) is 2. The molecule has 0 bridgehead atoms. The van der Waals surface area contributed by atoms with Crippen molar-refractivity contribution in [1.82, 2.24) is 25.9 Å². The standard InChI is InChI=1S/C17H25N3O5.C8H8FN5/c1-10(2)7-12(16(22)23)19-17(18)20-15(21)9-11-5-6-13(24-3)14(8-11)25-4;9-7-2-1-5(4-10)3-6(7)8-11-13-14-12-8/h5-6,8,10,12H,7,9H2,1-4H3,(H,22,23)(H3,18,19,20,21);1-3H,4,10H2,(H,11,12,13,14). The lowest BCUT2D eigenvalue weighted by molar-refractivity contribution is -0.139. The Morgan fingerprint density at radius 2 is 1.82 bits per heavy atom. The maximum absolute atomic E-state index is 13.3. The molecule has 3 rings (SSSR count). The number of ether oxygens (including phenoxy) is 2. The van der Waals surface area contributed by atoms with E-state index in [1.165, 1.54) is 20.3 Å². The molecule has 14 heteroatoms. The number of tetrazole rings is 1. The summed E-state index contributed by atoms with van der Waals surface area (Å²) >= 11 is 0. The minimum Gasteiger partial charge on any atom is -0.493 e. The van der Waals surface area contributed by atoms with Crippen LogP contribution in [0.25, 0.3) is 11.4 Å². The van der Waals surface area contributed by atoms with E-state index < -0.39 is 17.9 Å². The van der Waals surface area contributed by atoms with Crippen LogP contribution in [0.5, 0.6) is 11.5 Å². The third-order valence-corrected chi connectivity index (χ3v) is 5.23. The van der Waals surface area contributed by atoms with Crippen molar-refractivity contribution in [3.8, 4) is 22.9 Å². The lowest BCUT2D eigenvalue weighted by Gasteiger charge is -2.16. The predicted molar refractivity (Wildman–Crippen MR) is 141 cm³/mol. The molecule has 1 aromatic heterocycles. The summed E-state index contributed by atoms with van der Waals surface area (Å²) in [5.41, 5.74) is 12.9. The number of hydrogen-bond acceptors (Lipinski definition) is 8. The number of nitrogens with zero attached hydrogens (tertiary/aromatic N) is 4. The molecule has 210 valence electrons. The molecule has 2 aromatic carbocycles. The molecule has 0 aliphatic heterocycles. The molecule has 1 heterocycles. The molecule has 0 saturated carbocycles. The van der Waals surface area contributed by atoms with Gasteiger partial charge in [0, 0.05) is 6.54 Å². The molecule has 7 N–H and O–H groups in total. The number of aromatic amines is 1. The summed E-state index contributed by atoms with van der Waals surface area (Å²) in [5, 5.41) is 24.7. The minimum atomic E-state index is -1.04. The number of nitrogens with one attached hydrogen (secondary N) is 2. The number of carbonyl (C=O) groups is 2. The Bertz CT molecular complexity index is 1270. The number of carboxylic acids is 1. The molecule has 0 spiro atoms. The average molecular weight is 545 g/mol. The maximum atomic E-state index is 13.3. The van der Waals surface area contributed by atoms with Gasteiger partial charge in [-0.05, 0) is 52.9 Å². The van der Waals surface area contributed by atoms with E-state index in [9.17, 15) is 14.0 Å². The van der Waals surface area contributed by atoms with Gasteiger partial charge in [0.25, 0.3) is 5.91 Å². The largest absolute Gasteiger partial charge is 0.493 e. The molecule has 1 unspecified atom stereocenters. The third-order valence-electron chi connectivity index (χ3n) is 5.23. The summed E-state index contributed by atoms with van der Waals surface area (Å²) in [6, 6.07) is 8.77. The van der Waals surface area contributed by atoms with Crippen molar-refractivity contribution in [1.29, 1.82) is 0 Å². The molecule has 0 radical (unpaired) electrons. The molecular formula is C25H33FN8O5. The molecule has 39 heavy (non-hydrogen) atoms. The van der Waals surface area contributed by atoms with Gasteiger partial charge in [0.05, 0.1) is 26.2 Å². The number of benzene rings is 2. The summed E-state index contributed by atoms with van der Waals surface area (Å²) < 4.78 is 23.6. The first-order chi connectivity index (χ1) is 18.6. The Kier molecular flexibility index (Phi) is 11.8. The van der Waals surface area contributed by atoms with E-state index in [1.807, 2.05) is 13.8 Å². The van der Waals surface area contributed by atoms with E-state index in [4.69, 9.17) is 26.0 Å². The van der Waals surface area contributed by atoms with Crippen LogP contribution in [0.15, 0.2) is 41.4 Å². The van der Waals surface area contributed by atoms with Crippen molar-refractivity contribution in [2.24, 2.45) is 22.4 Å². The second-order valence-corrected chi connectivity index (χ2v) is 8.68. The fourth-order valence-electron chi connectivity index (χ4n) is 3.39. The van der Waals surface area contributed by atoms with Gasteiger partial charge >= 0.3 is 5.97 Å². The van der Waals surface area contributed by atoms with Gasteiger partial charge in [-0.25, -0.2) is 9.18 Å². The highest BCUT2D eigenvalue weighted by Crippen LogP contribution is 2.27. The van der Waals surface area contributed by atoms with Gasteiger partial charge in [0.15, 0.2) is 17.5 Å². The molecule has 3 aromatic rings. The van der Waals surface area contributed by atoms with Crippen LogP contribution >= 0.6 is 0 Å². The topological polar surface area (TPSA) is 204 Å². The quantitative estimate of drug-likeness (QED) is 0.183. The van der Waals surface area contributed by atoms with Crippen molar-refractivity contribution < 1.29 is 28.6 Å². The third kappa shape index (κ3) is 9.66. The zero-order valence-corrected chi connectivity index (χ0v) is 22.1. The highest BCUT2D eigenvalue weighted by molar-refractivity contribution is 5.94. The van der Waals surface area contributed by atoms with E-state index in [0.717, 1.165) is 5.56 Å². The monoisotopic (exact) mass is 544 g/mol. The number of aliphatic carboxylic acids is 1. The summed E-state index contributed by atoms with van der Waals surface area (Å²) in [6.07, 6.45) is 0.375. The number of H-pyrrole nitrogens is 1. The fraction of sp³-hybridized carbons (Fsp3) is 0.360. The number of carbonyl (C=O) groups excluding carboxylic acids is 1. The van der Waals surface area contributed by atoms with E-state index in [1.54, 1.807) is 30.3 Å². The number of carboxylic acid groups (broad SMARTS) is 1. The lowest BCUT2D eigenvalue weighted by Crippen LogP contribution is -2.45. The van der Waals surface area contributed by atoms with Crippen LogP contribution in [0, 0.1) is 11.7 Å².